The monoisotopic (exact) mass is 273 g/mol. The maximum atomic E-state index is 6.16. The van der Waals surface area contributed by atoms with E-state index in [-0.39, 0.29) is 17.4 Å². The highest BCUT2D eigenvalue weighted by molar-refractivity contribution is 5.42. The van der Waals surface area contributed by atoms with Gasteiger partial charge >= 0.3 is 0 Å². The van der Waals surface area contributed by atoms with Crippen LogP contribution in [0.3, 0.4) is 0 Å². The van der Waals surface area contributed by atoms with Gasteiger partial charge in [0, 0.05) is 5.56 Å². The SMILES string of the molecule is CC(C)(C)C(N)c1noc(C2COc3ccccc32)n1. The molecule has 0 saturated heterocycles. The van der Waals surface area contributed by atoms with Gasteiger partial charge in [-0.05, 0) is 11.5 Å². The van der Waals surface area contributed by atoms with Crippen LogP contribution in [0, 0.1) is 5.41 Å². The first-order valence-corrected chi connectivity index (χ1v) is 6.77. The molecular formula is C15H19N3O2. The molecule has 1 aromatic heterocycles. The van der Waals surface area contributed by atoms with Crippen LogP contribution in [0.2, 0.25) is 0 Å². The number of aromatic nitrogens is 2. The van der Waals surface area contributed by atoms with Gasteiger partial charge in [-0.25, -0.2) is 0 Å². The summed E-state index contributed by atoms with van der Waals surface area (Å²) in [6, 6.07) is 7.67. The summed E-state index contributed by atoms with van der Waals surface area (Å²) < 4.78 is 11.0. The van der Waals surface area contributed by atoms with Gasteiger partial charge < -0.3 is 15.0 Å². The molecule has 0 bridgehead atoms. The molecule has 0 amide bonds. The average molecular weight is 273 g/mol. The van der Waals surface area contributed by atoms with E-state index in [1.54, 1.807) is 0 Å². The number of nitrogens with zero attached hydrogens (tertiary/aromatic N) is 2. The number of para-hydroxylation sites is 1. The fourth-order valence-electron chi connectivity index (χ4n) is 2.27. The van der Waals surface area contributed by atoms with Gasteiger partial charge in [-0.2, -0.15) is 4.98 Å². The van der Waals surface area contributed by atoms with Crippen molar-refractivity contribution in [3.8, 4) is 5.75 Å². The molecule has 2 heterocycles. The van der Waals surface area contributed by atoms with Crippen molar-refractivity contribution in [2.24, 2.45) is 11.1 Å². The maximum absolute atomic E-state index is 6.16. The third-order valence-corrected chi connectivity index (χ3v) is 3.67. The smallest absolute Gasteiger partial charge is 0.237 e. The maximum Gasteiger partial charge on any atom is 0.237 e. The summed E-state index contributed by atoms with van der Waals surface area (Å²) in [5.41, 5.74) is 7.15. The number of hydrogen-bond acceptors (Lipinski definition) is 5. The fraction of sp³-hybridized carbons (Fsp3) is 0.467. The third-order valence-electron chi connectivity index (χ3n) is 3.67. The van der Waals surface area contributed by atoms with Crippen molar-refractivity contribution in [2.45, 2.75) is 32.7 Å². The van der Waals surface area contributed by atoms with Crippen molar-refractivity contribution in [2.75, 3.05) is 6.61 Å². The Morgan fingerprint density at radius 3 is 2.80 bits per heavy atom. The lowest BCUT2D eigenvalue weighted by molar-refractivity contribution is 0.290. The van der Waals surface area contributed by atoms with Crippen molar-refractivity contribution >= 4 is 0 Å². The standard InChI is InChI=1S/C15H19N3O2/c1-15(2,3)12(16)13-17-14(20-18-13)10-8-19-11-7-5-4-6-9(10)11/h4-7,10,12H,8,16H2,1-3H3. The van der Waals surface area contributed by atoms with E-state index < -0.39 is 0 Å². The first kappa shape index (κ1) is 13.1. The van der Waals surface area contributed by atoms with Crippen molar-refractivity contribution < 1.29 is 9.26 Å². The highest BCUT2D eigenvalue weighted by Crippen LogP contribution is 2.38. The van der Waals surface area contributed by atoms with Crippen LogP contribution in [0.4, 0.5) is 0 Å². The third kappa shape index (κ3) is 2.18. The minimum Gasteiger partial charge on any atom is -0.492 e. The number of rotatable bonds is 2. The molecule has 0 aliphatic carbocycles. The van der Waals surface area contributed by atoms with Crippen LogP contribution < -0.4 is 10.5 Å². The average Bonchev–Trinajstić information content (AvgIpc) is 3.02. The molecule has 5 nitrogen and oxygen atoms in total. The lowest BCUT2D eigenvalue weighted by atomic mass is 9.87. The normalized spacial score (nSPS) is 19.5. The van der Waals surface area contributed by atoms with Gasteiger partial charge in [0.15, 0.2) is 5.82 Å². The second kappa shape index (κ2) is 4.59. The van der Waals surface area contributed by atoms with E-state index in [2.05, 4.69) is 30.9 Å². The summed E-state index contributed by atoms with van der Waals surface area (Å²) in [5, 5.41) is 4.03. The molecule has 20 heavy (non-hydrogen) atoms. The highest BCUT2D eigenvalue weighted by Gasteiger charge is 2.32. The Hall–Kier alpha value is -1.88. The molecule has 5 heteroatoms. The molecule has 2 N–H and O–H groups in total. The van der Waals surface area contributed by atoms with Crippen LogP contribution >= 0.6 is 0 Å². The Kier molecular flexibility index (Phi) is 3.01. The Morgan fingerprint density at radius 1 is 1.30 bits per heavy atom. The van der Waals surface area contributed by atoms with Gasteiger partial charge in [-0.15, -0.1) is 0 Å². The zero-order chi connectivity index (χ0) is 14.3. The van der Waals surface area contributed by atoms with Gasteiger partial charge in [0.1, 0.15) is 18.3 Å². The molecule has 2 aromatic rings. The van der Waals surface area contributed by atoms with Crippen molar-refractivity contribution in [3.05, 3.63) is 41.5 Å². The second-order valence-electron chi connectivity index (χ2n) is 6.24. The molecule has 0 fully saturated rings. The minimum atomic E-state index is -0.252. The largest absolute Gasteiger partial charge is 0.492 e. The van der Waals surface area contributed by atoms with Crippen LogP contribution in [0.1, 0.15) is 50.0 Å². The number of nitrogens with two attached hydrogens (primary N) is 1. The van der Waals surface area contributed by atoms with E-state index in [1.807, 2.05) is 24.3 Å². The van der Waals surface area contributed by atoms with Gasteiger partial charge in [-0.3, -0.25) is 0 Å². The van der Waals surface area contributed by atoms with Crippen LogP contribution in [0.5, 0.6) is 5.75 Å². The minimum absolute atomic E-state index is 0.000353. The predicted octanol–water partition coefficient (Wildman–Crippen LogP) is 2.64. The van der Waals surface area contributed by atoms with Crippen molar-refractivity contribution in [1.82, 2.24) is 10.1 Å². The molecule has 0 spiro atoms. The number of hydrogen-bond donors (Lipinski definition) is 1. The first-order chi connectivity index (χ1) is 9.47. The van der Waals surface area contributed by atoms with E-state index in [0.29, 0.717) is 18.3 Å². The molecule has 106 valence electrons. The van der Waals surface area contributed by atoms with Crippen molar-refractivity contribution in [1.29, 1.82) is 0 Å². The summed E-state index contributed by atoms with van der Waals surface area (Å²) in [6.07, 6.45) is 0. The van der Waals surface area contributed by atoms with Crippen LogP contribution in [0.25, 0.3) is 0 Å². The lowest BCUT2D eigenvalue weighted by Crippen LogP contribution is -2.27. The number of benzene rings is 1. The van der Waals surface area contributed by atoms with Crippen molar-refractivity contribution in [3.63, 3.8) is 0 Å². The summed E-state index contributed by atoms with van der Waals surface area (Å²) >= 11 is 0. The van der Waals surface area contributed by atoms with Crippen LogP contribution in [0.15, 0.2) is 28.8 Å². The predicted molar refractivity (Wildman–Crippen MR) is 74.5 cm³/mol. The summed E-state index contributed by atoms with van der Waals surface area (Å²) in [7, 11) is 0. The molecule has 1 aliphatic heterocycles. The molecule has 1 aromatic carbocycles. The molecule has 0 radical (unpaired) electrons. The van der Waals surface area contributed by atoms with Gasteiger partial charge in [-0.1, -0.05) is 44.1 Å². The highest BCUT2D eigenvalue weighted by atomic mass is 16.5. The first-order valence-electron chi connectivity index (χ1n) is 6.77. The molecular weight excluding hydrogens is 254 g/mol. The van der Waals surface area contributed by atoms with Crippen LogP contribution in [-0.4, -0.2) is 16.7 Å². The zero-order valence-electron chi connectivity index (χ0n) is 12.0. The zero-order valence-corrected chi connectivity index (χ0v) is 12.0. The van der Waals surface area contributed by atoms with E-state index >= 15 is 0 Å². The Bertz CT molecular complexity index is 616. The number of ether oxygens (including phenoxy) is 1. The summed E-state index contributed by atoms with van der Waals surface area (Å²) in [6.45, 7) is 6.71. The fourth-order valence-corrected chi connectivity index (χ4v) is 2.27. The second-order valence-corrected chi connectivity index (χ2v) is 6.24. The summed E-state index contributed by atoms with van der Waals surface area (Å²) in [5.74, 6) is 2.01. The Morgan fingerprint density at radius 2 is 2.05 bits per heavy atom. The molecule has 0 saturated carbocycles. The molecule has 3 rings (SSSR count). The lowest BCUT2D eigenvalue weighted by Gasteiger charge is -2.23. The Labute approximate surface area is 118 Å². The topological polar surface area (TPSA) is 74.2 Å². The van der Waals surface area contributed by atoms with Gasteiger partial charge in [0.05, 0.1) is 6.04 Å². The number of fused-ring (bicyclic) bond motifs is 1. The van der Waals surface area contributed by atoms with E-state index in [1.165, 1.54) is 0 Å². The van der Waals surface area contributed by atoms with Gasteiger partial charge in [0.2, 0.25) is 5.89 Å². The molecule has 2 atom stereocenters. The molecule has 1 aliphatic rings. The van der Waals surface area contributed by atoms with E-state index in [9.17, 15) is 0 Å². The van der Waals surface area contributed by atoms with E-state index in [0.717, 1.165) is 11.3 Å². The molecule has 2 unspecified atom stereocenters. The van der Waals surface area contributed by atoms with Gasteiger partial charge in [0.25, 0.3) is 0 Å². The van der Waals surface area contributed by atoms with Crippen LogP contribution in [-0.2, 0) is 0 Å². The quantitative estimate of drug-likeness (QED) is 0.910. The summed E-state index contributed by atoms with van der Waals surface area (Å²) in [4.78, 5) is 4.47. The van der Waals surface area contributed by atoms with E-state index in [4.69, 9.17) is 15.0 Å². The Balaban J connectivity index is 1.89.